The summed E-state index contributed by atoms with van der Waals surface area (Å²) in [5, 5.41) is 0. The van der Waals surface area contributed by atoms with E-state index in [4.69, 9.17) is 10.5 Å². The SMILES string of the molecule is CCCCOc1cccnc1N. The Morgan fingerprint density at radius 3 is 3.08 bits per heavy atom. The van der Waals surface area contributed by atoms with Crippen molar-refractivity contribution < 1.29 is 4.74 Å². The molecule has 0 aliphatic rings. The molecule has 0 saturated carbocycles. The molecule has 1 aromatic heterocycles. The second-order valence-corrected chi connectivity index (χ2v) is 2.59. The third-order valence-corrected chi connectivity index (χ3v) is 1.56. The zero-order valence-electron chi connectivity index (χ0n) is 7.29. The third kappa shape index (κ3) is 2.42. The maximum Gasteiger partial charge on any atom is 0.166 e. The van der Waals surface area contributed by atoms with Gasteiger partial charge < -0.3 is 10.5 Å². The second kappa shape index (κ2) is 4.59. The average molecular weight is 166 g/mol. The highest BCUT2D eigenvalue weighted by Crippen LogP contribution is 2.16. The molecule has 0 aliphatic carbocycles. The van der Waals surface area contributed by atoms with Crippen molar-refractivity contribution in [2.45, 2.75) is 19.8 Å². The van der Waals surface area contributed by atoms with Crippen LogP contribution in [0.4, 0.5) is 5.82 Å². The van der Waals surface area contributed by atoms with E-state index in [1.54, 1.807) is 6.20 Å². The van der Waals surface area contributed by atoms with E-state index in [2.05, 4.69) is 11.9 Å². The second-order valence-electron chi connectivity index (χ2n) is 2.59. The lowest BCUT2D eigenvalue weighted by atomic mass is 10.3. The summed E-state index contributed by atoms with van der Waals surface area (Å²) in [5.41, 5.74) is 5.57. The van der Waals surface area contributed by atoms with E-state index in [0.29, 0.717) is 18.2 Å². The van der Waals surface area contributed by atoms with Crippen molar-refractivity contribution in [1.29, 1.82) is 0 Å². The van der Waals surface area contributed by atoms with Gasteiger partial charge in [0.2, 0.25) is 0 Å². The summed E-state index contributed by atoms with van der Waals surface area (Å²) in [6.45, 7) is 2.84. The van der Waals surface area contributed by atoms with Crippen LogP contribution in [0.5, 0.6) is 5.75 Å². The number of aromatic nitrogens is 1. The first-order valence-corrected chi connectivity index (χ1v) is 4.18. The fourth-order valence-corrected chi connectivity index (χ4v) is 0.851. The topological polar surface area (TPSA) is 48.1 Å². The number of hydrogen-bond acceptors (Lipinski definition) is 3. The molecule has 0 unspecified atom stereocenters. The zero-order valence-corrected chi connectivity index (χ0v) is 7.29. The van der Waals surface area contributed by atoms with Crippen molar-refractivity contribution in [1.82, 2.24) is 4.98 Å². The molecular weight excluding hydrogens is 152 g/mol. The minimum Gasteiger partial charge on any atom is -0.490 e. The van der Waals surface area contributed by atoms with E-state index in [9.17, 15) is 0 Å². The number of pyridine rings is 1. The molecule has 0 aliphatic heterocycles. The third-order valence-electron chi connectivity index (χ3n) is 1.56. The number of hydrogen-bond donors (Lipinski definition) is 1. The molecule has 3 heteroatoms. The zero-order chi connectivity index (χ0) is 8.81. The number of unbranched alkanes of at least 4 members (excludes halogenated alkanes) is 1. The molecule has 0 amide bonds. The molecule has 3 nitrogen and oxygen atoms in total. The van der Waals surface area contributed by atoms with Crippen LogP contribution in [0.1, 0.15) is 19.8 Å². The Balaban J connectivity index is 2.46. The van der Waals surface area contributed by atoms with E-state index >= 15 is 0 Å². The highest BCUT2D eigenvalue weighted by Gasteiger charge is 1.97. The van der Waals surface area contributed by atoms with Gasteiger partial charge in [0.05, 0.1) is 6.61 Å². The van der Waals surface area contributed by atoms with Crippen LogP contribution < -0.4 is 10.5 Å². The fourth-order valence-electron chi connectivity index (χ4n) is 0.851. The van der Waals surface area contributed by atoms with Crippen LogP contribution in [-0.4, -0.2) is 11.6 Å². The Hall–Kier alpha value is -1.25. The Bertz CT molecular complexity index is 238. The van der Waals surface area contributed by atoms with Crippen molar-refractivity contribution in [3.8, 4) is 5.75 Å². The maximum atomic E-state index is 5.57. The molecule has 12 heavy (non-hydrogen) atoms. The van der Waals surface area contributed by atoms with Gasteiger partial charge in [0, 0.05) is 6.20 Å². The van der Waals surface area contributed by atoms with Gasteiger partial charge in [0.15, 0.2) is 11.6 Å². The summed E-state index contributed by atoms with van der Waals surface area (Å²) in [5.74, 6) is 1.15. The molecule has 0 fully saturated rings. The van der Waals surface area contributed by atoms with Gasteiger partial charge in [-0.3, -0.25) is 0 Å². The summed E-state index contributed by atoms with van der Waals surface area (Å²) in [7, 11) is 0. The smallest absolute Gasteiger partial charge is 0.166 e. The van der Waals surface area contributed by atoms with E-state index < -0.39 is 0 Å². The van der Waals surface area contributed by atoms with Crippen LogP contribution in [0.15, 0.2) is 18.3 Å². The first-order valence-electron chi connectivity index (χ1n) is 4.18. The molecule has 1 aromatic rings. The minimum atomic E-state index is 0.466. The summed E-state index contributed by atoms with van der Waals surface area (Å²) in [6.07, 6.45) is 3.83. The molecule has 0 saturated heterocycles. The van der Waals surface area contributed by atoms with Gasteiger partial charge in [-0.15, -0.1) is 0 Å². The summed E-state index contributed by atoms with van der Waals surface area (Å²) in [6, 6.07) is 3.65. The predicted octanol–water partition coefficient (Wildman–Crippen LogP) is 1.84. The Morgan fingerprint density at radius 2 is 2.42 bits per heavy atom. The average Bonchev–Trinajstić information content (AvgIpc) is 2.09. The van der Waals surface area contributed by atoms with Crippen LogP contribution in [-0.2, 0) is 0 Å². The molecule has 0 atom stereocenters. The van der Waals surface area contributed by atoms with Crippen LogP contribution in [0.25, 0.3) is 0 Å². The van der Waals surface area contributed by atoms with E-state index in [0.717, 1.165) is 12.8 Å². The van der Waals surface area contributed by atoms with Gasteiger partial charge in [-0.1, -0.05) is 13.3 Å². The number of rotatable bonds is 4. The molecule has 1 rings (SSSR count). The molecule has 0 spiro atoms. The minimum absolute atomic E-state index is 0.466. The summed E-state index contributed by atoms with van der Waals surface area (Å²) in [4.78, 5) is 3.91. The number of nitrogen functional groups attached to an aromatic ring is 1. The fraction of sp³-hybridized carbons (Fsp3) is 0.444. The van der Waals surface area contributed by atoms with Crippen molar-refractivity contribution in [3.63, 3.8) is 0 Å². The summed E-state index contributed by atoms with van der Waals surface area (Å²) < 4.78 is 5.39. The molecule has 66 valence electrons. The standard InChI is InChI=1S/C9H14N2O/c1-2-3-7-12-8-5-4-6-11-9(8)10/h4-6H,2-3,7H2,1H3,(H2,10,11). The van der Waals surface area contributed by atoms with Crippen molar-refractivity contribution >= 4 is 5.82 Å². The Kier molecular flexibility index (Phi) is 3.38. The van der Waals surface area contributed by atoms with E-state index in [1.165, 1.54) is 0 Å². The lowest BCUT2D eigenvalue weighted by molar-refractivity contribution is 0.310. The van der Waals surface area contributed by atoms with Crippen molar-refractivity contribution in [3.05, 3.63) is 18.3 Å². The number of anilines is 1. The first kappa shape index (κ1) is 8.84. The first-order chi connectivity index (χ1) is 5.84. The number of nitrogens with zero attached hydrogens (tertiary/aromatic N) is 1. The molecular formula is C9H14N2O. The highest BCUT2D eigenvalue weighted by molar-refractivity contribution is 5.44. The van der Waals surface area contributed by atoms with Crippen molar-refractivity contribution in [2.24, 2.45) is 0 Å². The van der Waals surface area contributed by atoms with Crippen LogP contribution in [0.3, 0.4) is 0 Å². The Morgan fingerprint density at radius 1 is 1.58 bits per heavy atom. The predicted molar refractivity (Wildman–Crippen MR) is 49.1 cm³/mol. The summed E-state index contributed by atoms with van der Waals surface area (Å²) >= 11 is 0. The molecule has 0 bridgehead atoms. The number of nitrogens with two attached hydrogens (primary N) is 1. The Labute approximate surface area is 72.6 Å². The van der Waals surface area contributed by atoms with Gasteiger partial charge in [-0.2, -0.15) is 0 Å². The maximum absolute atomic E-state index is 5.57. The van der Waals surface area contributed by atoms with Gasteiger partial charge in [-0.25, -0.2) is 4.98 Å². The van der Waals surface area contributed by atoms with Gasteiger partial charge in [0.1, 0.15) is 0 Å². The van der Waals surface area contributed by atoms with E-state index in [-0.39, 0.29) is 0 Å². The van der Waals surface area contributed by atoms with Crippen molar-refractivity contribution in [2.75, 3.05) is 12.3 Å². The molecule has 0 radical (unpaired) electrons. The van der Waals surface area contributed by atoms with Gasteiger partial charge in [0.25, 0.3) is 0 Å². The van der Waals surface area contributed by atoms with E-state index in [1.807, 2.05) is 12.1 Å². The normalized spacial score (nSPS) is 9.75. The van der Waals surface area contributed by atoms with Crippen LogP contribution >= 0.6 is 0 Å². The monoisotopic (exact) mass is 166 g/mol. The van der Waals surface area contributed by atoms with Gasteiger partial charge in [-0.05, 0) is 18.6 Å². The molecule has 2 N–H and O–H groups in total. The largest absolute Gasteiger partial charge is 0.490 e. The lowest BCUT2D eigenvalue weighted by Gasteiger charge is -2.05. The van der Waals surface area contributed by atoms with Crippen LogP contribution in [0, 0.1) is 0 Å². The number of ether oxygens (including phenoxy) is 1. The van der Waals surface area contributed by atoms with Crippen LogP contribution in [0.2, 0.25) is 0 Å². The molecule has 0 aromatic carbocycles. The quantitative estimate of drug-likeness (QED) is 0.694. The molecule has 1 heterocycles. The van der Waals surface area contributed by atoms with Gasteiger partial charge >= 0.3 is 0 Å². The lowest BCUT2D eigenvalue weighted by Crippen LogP contribution is -2.00. The highest BCUT2D eigenvalue weighted by atomic mass is 16.5.